The smallest absolute Gasteiger partial charge is 0.276 e. The molecule has 0 spiro atoms. The molecule has 3 aromatic rings. The summed E-state index contributed by atoms with van der Waals surface area (Å²) in [6.45, 7) is 12.7. The molecule has 2 heterocycles. The highest BCUT2D eigenvalue weighted by Crippen LogP contribution is 2.40. The van der Waals surface area contributed by atoms with E-state index in [-0.39, 0.29) is 17.2 Å². The summed E-state index contributed by atoms with van der Waals surface area (Å²) in [5, 5.41) is 12.0. The average molecular weight is 508 g/mol. The molecule has 1 atom stereocenters. The molecule has 2 aromatic heterocycles. The Kier molecular flexibility index (Phi) is 7.61. The van der Waals surface area contributed by atoms with Crippen molar-refractivity contribution in [1.82, 2.24) is 19.6 Å². The standard InChI is InChI=1S/C27H37N5O3Si/c1-27(2)14-24-23(13-21(27)18-33)25(30-32(24)19-35-11-12-36(3,4)5)26(34)29-22-15-28-31(17-22)16-20-9-7-6-8-10-20/h6-10,15,17-18,21H,11-14,16,19H2,1-5H3,(H,29,34). The summed E-state index contributed by atoms with van der Waals surface area (Å²) in [6.07, 6.45) is 5.63. The molecule has 1 amide bonds. The number of benzene rings is 1. The van der Waals surface area contributed by atoms with Crippen molar-refractivity contribution in [1.29, 1.82) is 0 Å². The van der Waals surface area contributed by atoms with Gasteiger partial charge < -0.3 is 14.8 Å². The number of fused-ring (bicyclic) bond motifs is 1. The number of amides is 1. The Morgan fingerprint density at radius 3 is 2.69 bits per heavy atom. The molecule has 0 saturated carbocycles. The zero-order valence-corrected chi connectivity index (χ0v) is 23.0. The second kappa shape index (κ2) is 10.5. The first-order valence-corrected chi connectivity index (χ1v) is 16.3. The van der Waals surface area contributed by atoms with Crippen LogP contribution < -0.4 is 5.32 Å². The third kappa shape index (κ3) is 6.20. The van der Waals surface area contributed by atoms with Crippen molar-refractivity contribution in [2.24, 2.45) is 11.3 Å². The van der Waals surface area contributed by atoms with Crippen LogP contribution in [0.1, 0.15) is 41.2 Å². The minimum atomic E-state index is -1.21. The molecule has 1 aromatic carbocycles. The van der Waals surface area contributed by atoms with Crippen molar-refractivity contribution in [2.45, 2.75) is 65.6 Å². The molecule has 1 aliphatic carbocycles. The molecule has 1 unspecified atom stereocenters. The summed E-state index contributed by atoms with van der Waals surface area (Å²) < 4.78 is 9.58. The van der Waals surface area contributed by atoms with Gasteiger partial charge in [-0.3, -0.25) is 9.48 Å². The Morgan fingerprint density at radius 1 is 1.25 bits per heavy atom. The Labute approximate surface area is 214 Å². The highest BCUT2D eigenvalue weighted by atomic mass is 28.3. The number of anilines is 1. The average Bonchev–Trinajstić information content (AvgIpc) is 3.39. The van der Waals surface area contributed by atoms with Crippen molar-refractivity contribution in [2.75, 3.05) is 11.9 Å². The molecule has 192 valence electrons. The summed E-state index contributed by atoms with van der Waals surface area (Å²) in [4.78, 5) is 25.2. The molecule has 36 heavy (non-hydrogen) atoms. The van der Waals surface area contributed by atoms with Crippen molar-refractivity contribution in [3.63, 3.8) is 0 Å². The van der Waals surface area contributed by atoms with Crippen LogP contribution >= 0.6 is 0 Å². The van der Waals surface area contributed by atoms with Crippen LogP contribution in [0.15, 0.2) is 42.7 Å². The van der Waals surface area contributed by atoms with E-state index in [1.54, 1.807) is 10.9 Å². The van der Waals surface area contributed by atoms with Crippen molar-refractivity contribution in [3.05, 3.63) is 65.2 Å². The summed E-state index contributed by atoms with van der Waals surface area (Å²) in [6, 6.07) is 11.1. The van der Waals surface area contributed by atoms with Crippen LogP contribution in [0.4, 0.5) is 5.69 Å². The largest absolute Gasteiger partial charge is 0.360 e. The molecule has 4 rings (SSSR count). The van der Waals surface area contributed by atoms with Gasteiger partial charge in [-0.05, 0) is 29.9 Å². The molecule has 0 fully saturated rings. The van der Waals surface area contributed by atoms with Crippen LogP contribution in [0.25, 0.3) is 0 Å². The molecule has 0 saturated heterocycles. The van der Waals surface area contributed by atoms with E-state index in [1.165, 1.54) is 0 Å². The third-order valence-electron chi connectivity index (χ3n) is 6.89. The summed E-state index contributed by atoms with van der Waals surface area (Å²) in [7, 11) is -1.21. The molecule has 9 heteroatoms. The number of carbonyl (C=O) groups excluding carboxylic acids is 2. The topological polar surface area (TPSA) is 91.0 Å². The summed E-state index contributed by atoms with van der Waals surface area (Å²) in [5.41, 5.74) is 3.70. The molecular formula is C27H37N5O3Si. The van der Waals surface area contributed by atoms with Gasteiger partial charge in [0.05, 0.1) is 18.4 Å². The van der Waals surface area contributed by atoms with E-state index >= 15 is 0 Å². The monoisotopic (exact) mass is 507 g/mol. The number of nitrogens with one attached hydrogen (secondary N) is 1. The Bertz CT molecular complexity index is 1210. The Balaban J connectivity index is 1.53. The molecule has 0 bridgehead atoms. The van der Waals surface area contributed by atoms with Gasteiger partial charge in [-0.1, -0.05) is 63.8 Å². The molecule has 0 radical (unpaired) electrons. The maximum absolute atomic E-state index is 13.3. The quantitative estimate of drug-likeness (QED) is 0.245. The van der Waals surface area contributed by atoms with Crippen LogP contribution in [0.3, 0.4) is 0 Å². The summed E-state index contributed by atoms with van der Waals surface area (Å²) >= 11 is 0. The maximum atomic E-state index is 13.3. The van der Waals surface area contributed by atoms with Gasteiger partial charge in [0.25, 0.3) is 5.91 Å². The maximum Gasteiger partial charge on any atom is 0.276 e. The minimum Gasteiger partial charge on any atom is -0.360 e. The first kappa shape index (κ1) is 26.0. The molecule has 1 aliphatic rings. The number of hydrogen-bond donors (Lipinski definition) is 1. The van der Waals surface area contributed by atoms with Gasteiger partial charge in [0.2, 0.25) is 0 Å². The van der Waals surface area contributed by atoms with Gasteiger partial charge in [-0.2, -0.15) is 10.2 Å². The van der Waals surface area contributed by atoms with Gasteiger partial charge in [-0.15, -0.1) is 0 Å². The zero-order chi connectivity index (χ0) is 25.9. The van der Waals surface area contributed by atoms with E-state index in [4.69, 9.17) is 4.74 Å². The van der Waals surface area contributed by atoms with Gasteiger partial charge in [0, 0.05) is 38.1 Å². The third-order valence-corrected chi connectivity index (χ3v) is 8.59. The van der Waals surface area contributed by atoms with Crippen LogP contribution in [0, 0.1) is 11.3 Å². The van der Waals surface area contributed by atoms with Crippen LogP contribution in [0.2, 0.25) is 25.7 Å². The normalized spacial score (nSPS) is 17.0. The lowest BCUT2D eigenvalue weighted by atomic mass is 9.68. The van der Waals surface area contributed by atoms with Gasteiger partial charge >= 0.3 is 0 Å². The van der Waals surface area contributed by atoms with E-state index in [9.17, 15) is 9.59 Å². The number of carbonyl (C=O) groups is 2. The Hall–Kier alpha value is -3.04. The number of aldehydes is 1. The highest BCUT2D eigenvalue weighted by molar-refractivity contribution is 6.76. The first-order chi connectivity index (χ1) is 17.1. The predicted octanol–water partition coefficient (Wildman–Crippen LogP) is 4.63. The SMILES string of the molecule is CC1(C)Cc2c(c(C(=O)Nc3cnn(Cc4ccccc4)c3)nn2COCC[Si](C)(C)C)CC1C=O. The lowest BCUT2D eigenvalue weighted by molar-refractivity contribution is -0.114. The second-order valence-corrected chi connectivity index (χ2v) is 17.2. The number of nitrogens with zero attached hydrogens (tertiary/aromatic N) is 4. The molecule has 1 N–H and O–H groups in total. The first-order valence-electron chi connectivity index (χ1n) is 12.5. The zero-order valence-electron chi connectivity index (χ0n) is 22.0. The molecular weight excluding hydrogens is 470 g/mol. The van der Waals surface area contributed by atoms with Gasteiger partial charge in [0.1, 0.15) is 13.0 Å². The fourth-order valence-electron chi connectivity index (χ4n) is 4.53. The van der Waals surface area contributed by atoms with Crippen LogP contribution in [-0.2, 0) is 35.6 Å². The highest BCUT2D eigenvalue weighted by Gasteiger charge is 2.39. The molecule has 8 nitrogen and oxygen atoms in total. The number of rotatable bonds is 10. The van der Waals surface area contributed by atoms with Crippen molar-refractivity contribution < 1.29 is 14.3 Å². The number of ether oxygens (including phenoxy) is 1. The fraction of sp³-hybridized carbons (Fsp3) is 0.481. The predicted molar refractivity (Wildman–Crippen MR) is 143 cm³/mol. The van der Waals surface area contributed by atoms with Crippen molar-refractivity contribution >= 4 is 26.0 Å². The van der Waals surface area contributed by atoms with Crippen LogP contribution in [-0.4, -0.2) is 46.4 Å². The van der Waals surface area contributed by atoms with Gasteiger partial charge in [-0.25, -0.2) is 4.68 Å². The second-order valence-electron chi connectivity index (χ2n) is 11.6. The fourth-order valence-corrected chi connectivity index (χ4v) is 5.29. The number of aromatic nitrogens is 4. The molecule has 0 aliphatic heterocycles. The van der Waals surface area contributed by atoms with E-state index in [0.29, 0.717) is 44.1 Å². The van der Waals surface area contributed by atoms with Crippen molar-refractivity contribution in [3.8, 4) is 0 Å². The lowest BCUT2D eigenvalue weighted by Crippen LogP contribution is -2.35. The number of hydrogen-bond acceptors (Lipinski definition) is 5. The van der Waals surface area contributed by atoms with Gasteiger partial charge in [0.15, 0.2) is 5.69 Å². The van der Waals surface area contributed by atoms with E-state index < -0.39 is 8.07 Å². The van der Waals surface area contributed by atoms with E-state index in [0.717, 1.165) is 29.2 Å². The summed E-state index contributed by atoms with van der Waals surface area (Å²) in [5.74, 6) is -0.466. The Morgan fingerprint density at radius 2 is 2.00 bits per heavy atom. The lowest BCUT2D eigenvalue weighted by Gasteiger charge is -2.35. The minimum absolute atomic E-state index is 0.171. The van der Waals surface area contributed by atoms with E-state index in [1.807, 2.05) is 41.2 Å². The van der Waals surface area contributed by atoms with E-state index in [2.05, 4.69) is 49.0 Å². The van der Waals surface area contributed by atoms with Crippen LogP contribution in [0.5, 0.6) is 0 Å².